The van der Waals surface area contributed by atoms with Gasteiger partial charge in [0.2, 0.25) is 0 Å². The lowest BCUT2D eigenvalue weighted by molar-refractivity contribution is -0.147. The van der Waals surface area contributed by atoms with Crippen molar-refractivity contribution < 1.29 is 4.84 Å². The van der Waals surface area contributed by atoms with Crippen LogP contribution < -0.4 is 5.73 Å². The van der Waals surface area contributed by atoms with Crippen LogP contribution in [0.5, 0.6) is 0 Å². The smallest absolute Gasteiger partial charge is 0.0765 e. The summed E-state index contributed by atoms with van der Waals surface area (Å²) in [6.45, 7) is 3.74. The van der Waals surface area contributed by atoms with E-state index in [-0.39, 0.29) is 12.1 Å². The van der Waals surface area contributed by atoms with E-state index in [1.807, 2.05) is 30.3 Å². The molecule has 0 amide bonds. The molecule has 2 N–H and O–H groups in total. The molecule has 1 aromatic rings. The average Bonchev–Trinajstić information content (AvgIpc) is 2.72. The van der Waals surface area contributed by atoms with Crippen LogP contribution in [0.4, 0.5) is 0 Å². The van der Waals surface area contributed by atoms with E-state index in [2.05, 4.69) is 4.98 Å². The van der Waals surface area contributed by atoms with E-state index in [0.717, 1.165) is 25.1 Å². The zero-order valence-corrected chi connectivity index (χ0v) is 8.97. The molecular weight excluding hydrogens is 190 g/mol. The first-order chi connectivity index (χ1) is 7.29. The zero-order valence-electron chi connectivity index (χ0n) is 8.97. The monoisotopic (exact) mass is 207 g/mol. The van der Waals surface area contributed by atoms with E-state index in [4.69, 9.17) is 10.6 Å². The first kappa shape index (κ1) is 10.5. The summed E-state index contributed by atoms with van der Waals surface area (Å²) in [5.41, 5.74) is 7.12. The molecule has 0 aliphatic carbocycles. The topological polar surface area (TPSA) is 51.4 Å². The fourth-order valence-corrected chi connectivity index (χ4v) is 1.97. The van der Waals surface area contributed by atoms with Crippen molar-refractivity contribution in [3.05, 3.63) is 30.1 Å². The highest BCUT2D eigenvalue weighted by Gasteiger charge is 2.27. The third-order valence-corrected chi connectivity index (χ3v) is 2.61. The van der Waals surface area contributed by atoms with Crippen LogP contribution in [-0.4, -0.2) is 29.2 Å². The Bertz CT molecular complexity index is 296. The van der Waals surface area contributed by atoms with Gasteiger partial charge in [0.25, 0.3) is 0 Å². The summed E-state index contributed by atoms with van der Waals surface area (Å²) >= 11 is 0. The molecule has 1 aromatic heterocycles. The lowest BCUT2D eigenvalue weighted by Crippen LogP contribution is -2.37. The highest BCUT2D eigenvalue weighted by atomic mass is 16.7. The first-order valence-corrected chi connectivity index (χ1v) is 5.34. The van der Waals surface area contributed by atoms with Gasteiger partial charge in [0.05, 0.1) is 12.6 Å². The standard InChI is InChI=1S/C11H17N3O/c1-9(12)11(14-6-3-7-15-14)10-4-2-5-13-8-10/h2,4-5,8-9,11H,3,6-7,12H2,1H3. The Morgan fingerprint density at radius 3 is 3.00 bits per heavy atom. The molecule has 0 radical (unpaired) electrons. The maximum Gasteiger partial charge on any atom is 0.0765 e. The molecular formula is C11H17N3O. The van der Waals surface area contributed by atoms with Crippen molar-refractivity contribution in [3.63, 3.8) is 0 Å². The highest BCUT2D eigenvalue weighted by molar-refractivity contribution is 5.15. The Kier molecular flexibility index (Phi) is 3.30. The van der Waals surface area contributed by atoms with Gasteiger partial charge in [0.1, 0.15) is 0 Å². The van der Waals surface area contributed by atoms with Gasteiger partial charge in [-0.25, -0.2) is 0 Å². The Morgan fingerprint density at radius 1 is 1.60 bits per heavy atom. The summed E-state index contributed by atoms with van der Waals surface area (Å²) in [7, 11) is 0. The minimum absolute atomic E-state index is 0.0345. The van der Waals surface area contributed by atoms with Gasteiger partial charge in [-0.1, -0.05) is 6.07 Å². The molecule has 1 saturated heterocycles. The molecule has 4 heteroatoms. The Labute approximate surface area is 90.0 Å². The number of rotatable bonds is 3. The molecule has 0 spiro atoms. The second-order valence-electron chi connectivity index (χ2n) is 3.92. The fraction of sp³-hybridized carbons (Fsp3) is 0.545. The minimum Gasteiger partial charge on any atom is -0.326 e. The summed E-state index contributed by atoms with van der Waals surface area (Å²) in [6, 6.07) is 4.12. The molecule has 1 fully saturated rings. The Balaban J connectivity index is 2.19. The van der Waals surface area contributed by atoms with Gasteiger partial charge in [-0.15, -0.1) is 0 Å². The van der Waals surface area contributed by atoms with Crippen molar-refractivity contribution in [1.29, 1.82) is 0 Å². The van der Waals surface area contributed by atoms with Gasteiger partial charge >= 0.3 is 0 Å². The van der Waals surface area contributed by atoms with Crippen LogP contribution >= 0.6 is 0 Å². The van der Waals surface area contributed by atoms with Crippen molar-refractivity contribution in [1.82, 2.24) is 10.0 Å². The summed E-state index contributed by atoms with van der Waals surface area (Å²) < 4.78 is 0. The highest BCUT2D eigenvalue weighted by Crippen LogP contribution is 2.25. The largest absolute Gasteiger partial charge is 0.326 e. The molecule has 0 saturated carbocycles. The van der Waals surface area contributed by atoms with Gasteiger partial charge in [-0.05, 0) is 25.0 Å². The molecule has 1 aliphatic rings. The molecule has 2 unspecified atom stereocenters. The summed E-state index contributed by atoms with van der Waals surface area (Å²) in [5.74, 6) is 0. The average molecular weight is 207 g/mol. The van der Waals surface area contributed by atoms with Crippen LogP contribution in [0.3, 0.4) is 0 Å². The van der Waals surface area contributed by atoms with Crippen LogP contribution in [0, 0.1) is 0 Å². The summed E-state index contributed by atoms with van der Waals surface area (Å²) in [6.07, 6.45) is 4.70. The van der Waals surface area contributed by atoms with Crippen molar-refractivity contribution >= 4 is 0 Å². The molecule has 0 aromatic carbocycles. The second kappa shape index (κ2) is 4.70. The Morgan fingerprint density at radius 2 is 2.47 bits per heavy atom. The van der Waals surface area contributed by atoms with Crippen molar-refractivity contribution in [2.24, 2.45) is 5.73 Å². The predicted octanol–water partition coefficient (Wildman–Crippen LogP) is 1.11. The third-order valence-electron chi connectivity index (χ3n) is 2.61. The van der Waals surface area contributed by atoms with Gasteiger partial charge in [0, 0.05) is 25.0 Å². The summed E-state index contributed by atoms with van der Waals surface area (Å²) in [4.78, 5) is 9.68. The lowest BCUT2D eigenvalue weighted by Gasteiger charge is -2.29. The SMILES string of the molecule is CC(N)C(c1cccnc1)N1CCCO1. The van der Waals surface area contributed by atoms with Crippen LogP contribution in [0.25, 0.3) is 0 Å². The van der Waals surface area contributed by atoms with E-state index >= 15 is 0 Å². The summed E-state index contributed by atoms with van der Waals surface area (Å²) in [5, 5.41) is 1.97. The van der Waals surface area contributed by atoms with Gasteiger partial charge in [-0.3, -0.25) is 9.82 Å². The minimum atomic E-state index is 0.0345. The maximum absolute atomic E-state index is 6.00. The van der Waals surface area contributed by atoms with Crippen LogP contribution in [0.1, 0.15) is 24.9 Å². The predicted molar refractivity (Wildman–Crippen MR) is 57.9 cm³/mol. The van der Waals surface area contributed by atoms with Crippen molar-refractivity contribution in [2.75, 3.05) is 13.2 Å². The van der Waals surface area contributed by atoms with E-state index in [1.165, 1.54) is 0 Å². The normalized spacial score (nSPS) is 21.5. The molecule has 2 rings (SSSR count). The number of nitrogens with two attached hydrogens (primary N) is 1. The van der Waals surface area contributed by atoms with Crippen LogP contribution in [0.2, 0.25) is 0 Å². The van der Waals surface area contributed by atoms with Gasteiger partial charge < -0.3 is 5.73 Å². The van der Waals surface area contributed by atoms with Crippen LogP contribution in [-0.2, 0) is 4.84 Å². The number of hydrogen-bond acceptors (Lipinski definition) is 4. The van der Waals surface area contributed by atoms with Gasteiger partial charge in [0.15, 0.2) is 0 Å². The van der Waals surface area contributed by atoms with E-state index < -0.39 is 0 Å². The molecule has 2 heterocycles. The van der Waals surface area contributed by atoms with Crippen LogP contribution in [0.15, 0.2) is 24.5 Å². The quantitative estimate of drug-likeness (QED) is 0.806. The van der Waals surface area contributed by atoms with Gasteiger partial charge in [-0.2, -0.15) is 5.06 Å². The van der Waals surface area contributed by atoms with E-state index in [9.17, 15) is 0 Å². The van der Waals surface area contributed by atoms with E-state index in [1.54, 1.807) is 6.20 Å². The number of hydrogen-bond donors (Lipinski definition) is 1. The lowest BCUT2D eigenvalue weighted by atomic mass is 10.0. The first-order valence-electron chi connectivity index (χ1n) is 5.34. The molecule has 82 valence electrons. The molecule has 1 aliphatic heterocycles. The maximum atomic E-state index is 6.00. The molecule has 2 atom stereocenters. The third kappa shape index (κ3) is 2.34. The van der Waals surface area contributed by atoms with Crippen molar-refractivity contribution in [2.45, 2.75) is 25.4 Å². The van der Waals surface area contributed by atoms with Crippen molar-refractivity contribution in [3.8, 4) is 0 Å². The van der Waals surface area contributed by atoms with E-state index in [0.29, 0.717) is 0 Å². The second-order valence-corrected chi connectivity index (χ2v) is 3.92. The zero-order chi connectivity index (χ0) is 10.7. The number of pyridine rings is 1. The molecule has 0 bridgehead atoms. The number of aromatic nitrogens is 1. The fourth-order valence-electron chi connectivity index (χ4n) is 1.97. The number of hydroxylamine groups is 2. The Hall–Kier alpha value is -0.970. The molecule has 4 nitrogen and oxygen atoms in total. The molecule has 15 heavy (non-hydrogen) atoms. The number of nitrogens with zero attached hydrogens (tertiary/aromatic N) is 2.